The van der Waals surface area contributed by atoms with Crippen molar-refractivity contribution in [3.8, 4) is 0 Å². The van der Waals surface area contributed by atoms with Crippen LogP contribution in [0, 0.1) is 6.92 Å². The van der Waals surface area contributed by atoms with Crippen molar-refractivity contribution in [3.63, 3.8) is 0 Å². The van der Waals surface area contributed by atoms with Crippen molar-refractivity contribution in [2.24, 2.45) is 0 Å². The Bertz CT molecular complexity index is 379. The number of ketones is 1. The lowest BCUT2D eigenvalue weighted by atomic mass is 9.80. The summed E-state index contributed by atoms with van der Waals surface area (Å²) in [6.45, 7) is 3.83. The Hall–Kier alpha value is -1.11. The summed E-state index contributed by atoms with van der Waals surface area (Å²) in [7, 11) is 0. The number of rotatable bonds is 2. The fourth-order valence-corrected chi connectivity index (χ4v) is 2.60. The molecule has 1 heteroatoms. The van der Waals surface area contributed by atoms with Crippen LogP contribution in [0.3, 0.4) is 0 Å². The summed E-state index contributed by atoms with van der Waals surface area (Å²) < 4.78 is 0. The van der Waals surface area contributed by atoms with E-state index in [1.165, 1.54) is 36.0 Å². The molecule has 1 aliphatic rings. The molecule has 1 atom stereocenters. The molecule has 1 aromatic carbocycles. The lowest BCUT2D eigenvalue weighted by Crippen LogP contribution is -2.12. The van der Waals surface area contributed by atoms with Gasteiger partial charge in [-0.15, -0.1) is 0 Å². The van der Waals surface area contributed by atoms with Crippen LogP contribution in [-0.4, -0.2) is 5.78 Å². The summed E-state index contributed by atoms with van der Waals surface area (Å²) in [5, 5.41) is 0. The maximum Gasteiger partial charge on any atom is 0.130 e. The topological polar surface area (TPSA) is 17.1 Å². The second kappa shape index (κ2) is 4.18. The molecule has 0 saturated heterocycles. The van der Waals surface area contributed by atoms with Crippen LogP contribution in [0.15, 0.2) is 18.2 Å². The molecule has 0 saturated carbocycles. The third-order valence-corrected chi connectivity index (χ3v) is 3.27. The molecule has 0 radical (unpaired) electrons. The van der Waals surface area contributed by atoms with E-state index in [1.54, 1.807) is 6.92 Å². The molecule has 1 unspecified atom stereocenters. The van der Waals surface area contributed by atoms with Crippen molar-refractivity contribution in [1.29, 1.82) is 0 Å². The van der Waals surface area contributed by atoms with Gasteiger partial charge in [-0.1, -0.05) is 23.8 Å². The summed E-state index contributed by atoms with van der Waals surface area (Å²) in [6, 6.07) is 6.66. The van der Waals surface area contributed by atoms with Crippen molar-refractivity contribution >= 4 is 5.78 Å². The minimum Gasteiger partial charge on any atom is -0.300 e. The first-order valence-electron chi connectivity index (χ1n) is 5.75. The minimum atomic E-state index is 0.313. The van der Waals surface area contributed by atoms with Gasteiger partial charge in [0.2, 0.25) is 0 Å². The van der Waals surface area contributed by atoms with Gasteiger partial charge in [0, 0.05) is 6.42 Å². The van der Waals surface area contributed by atoms with Gasteiger partial charge >= 0.3 is 0 Å². The normalized spacial score (nSPS) is 19.7. The van der Waals surface area contributed by atoms with Crippen molar-refractivity contribution in [2.45, 2.75) is 45.4 Å². The van der Waals surface area contributed by atoms with E-state index in [2.05, 4.69) is 25.1 Å². The average Bonchev–Trinajstić information content (AvgIpc) is 2.16. The van der Waals surface area contributed by atoms with Crippen molar-refractivity contribution < 1.29 is 4.79 Å². The van der Waals surface area contributed by atoms with Gasteiger partial charge < -0.3 is 4.79 Å². The Morgan fingerprint density at radius 3 is 3.00 bits per heavy atom. The SMILES string of the molecule is CC(=O)CC1CCCc2cc(C)ccc21. The largest absolute Gasteiger partial charge is 0.300 e. The number of carbonyl (C=O) groups is 1. The van der Waals surface area contributed by atoms with Gasteiger partial charge in [-0.3, -0.25) is 0 Å². The van der Waals surface area contributed by atoms with Crippen LogP contribution in [0.1, 0.15) is 48.8 Å². The second-order valence-electron chi connectivity index (χ2n) is 4.70. The lowest BCUT2D eigenvalue weighted by Gasteiger charge is -2.25. The second-order valence-corrected chi connectivity index (χ2v) is 4.70. The molecule has 0 fully saturated rings. The van der Waals surface area contributed by atoms with Crippen molar-refractivity contribution in [1.82, 2.24) is 0 Å². The van der Waals surface area contributed by atoms with Crippen LogP contribution < -0.4 is 0 Å². The molecule has 1 aromatic rings. The van der Waals surface area contributed by atoms with Gasteiger partial charge in [-0.2, -0.15) is 0 Å². The number of hydrogen-bond acceptors (Lipinski definition) is 1. The third-order valence-electron chi connectivity index (χ3n) is 3.27. The predicted octanol–water partition coefficient (Wildman–Crippen LogP) is 3.39. The fraction of sp³-hybridized carbons (Fsp3) is 0.500. The molecule has 80 valence electrons. The van der Waals surface area contributed by atoms with Gasteiger partial charge in [0.1, 0.15) is 5.78 Å². The first-order valence-corrected chi connectivity index (χ1v) is 5.75. The van der Waals surface area contributed by atoms with Crippen molar-refractivity contribution in [3.05, 3.63) is 34.9 Å². The fourth-order valence-electron chi connectivity index (χ4n) is 2.60. The number of carbonyl (C=O) groups excluding carboxylic acids is 1. The number of hydrogen-bond donors (Lipinski definition) is 0. The van der Waals surface area contributed by atoms with E-state index < -0.39 is 0 Å². The third kappa shape index (κ3) is 2.28. The molecule has 0 amide bonds. The summed E-state index contributed by atoms with van der Waals surface area (Å²) in [5.74, 6) is 0.792. The van der Waals surface area contributed by atoms with Gasteiger partial charge in [0.05, 0.1) is 0 Å². The maximum atomic E-state index is 11.2. The maximum absolute atomic E-state index is 11.2. The number of benzene rings is 1. The molecular formula is C14H18O. The first kappa shape index (κ1) is 10.4. The smallest absolute Gasteiger partial charge is 0.130 e. The summed E-state index contributed by atoms with van der Waals surface area (Å²) >= 11 is 0. The van der Waals surface area contributed by atoms with Crippen molar-refractivity contribution in [2.75, 3.05) is 0 Å². The first-order chi connectivity index (χ1) is 7.16. The van der Waals surface area contributed by atoms with Gasteiger partial charge in [-0.05, 0) is 50.2 Å². The summed E-state index contributed by atoms with van der Waals surface area (Å²) in [6.07, 6.45) is 4.31. The highest BCUT2D eigenvalue weighted by Gasteiger charge is 2.20. The van der Waals surface area contributed by atoms with E-state index in [4.69, 9.17) is 0 Å². The van der Waals surface area contributed by atoms with E-state index in [0.29, 0.717) is 11.7 Å². The standard InChI is InChI=1S/C14H18O/c1-10-6-7-14-12(8-10)4-3-5-13(14)9-11(2)15/h6-8,13H,3-5,9H2,1-2H3. The van der Waals surface area contributed by atoms with Crippen LogP contribution in [0.5, 0.6) is 0 Å². The van der Waals surface area contributed by atoms with Gasteiger partial charge in [-0.25, -0.2) is 0 Å². The Labute approximate surface area is 91.5 Å². The molecular weight excluding hydrogens is 184 g/mol. The predicted molar refractivity (Wildman–Crippen MR) is 62.2 cm³/mol. The molecule has 0 aliphatic heterocycles. The monoisotopic (exact) mass is 202 g/mol. The zero-order valence-electron chi connectivity index (χ0n) is 9.55. The molecule has 0 heterocycles. The van der Waals surface area contributed by atoms with Crippen LogP contribution in [-0.2, 0) is 11.2 Å². The van der Waals surface area contributed by atoms with Crippen LogP contribution in [0.4, 0.5) is 0 Å². The van der Waals surface area contributed by atoms with Gasteiger partial charge in [0.25, 0.3) is 0 Å². The quantitative estimate of drug-likeness (QED) is 0.718. The Morgan fingerprint density at radius 2 is 2.27 bits per heavy atom. The number of fused-ring (bicyclic) bond motifs is 1. The molecule has 15 heavy (non-hydrogen) atoms. The molecule has 0 N–H and O–H groups in total. The summed E-state index contributed by atoms with van der Waals surface area (Å²) in [5.41, 5.74) is 4.21. The molecule has 2 rings (SSSR count). The zero-order valence-corrected chi connectivity index (χ0v) is 9.55. The Morgan fingerprint density at radius 1 is 1.47 bits per heavy atom. The van der Waals surface area contributed by atoms with E-state index in [-0.39, 0.29) is 0 Å². The molecule has 1 aliphatic carbocycles. The molecule has 1 nitrogen and oxygen atoms in total. The highest BCUT2D eigenvalue weighted by Crippen LogP contribution is 2.34. The lowest BCUT2D eigenvalue weighted by molar-refractivity contribution is -0.117. The Kier molecular flexibility index (Phi) is 2.90. The van der Waals surface area contributed by atoms with Crippen LogP contribution in [0.25, 0.3) is 0 Å². The molecule has 0 bridgehead atoms. The highest BCUT2D eigenvalue weighted by atomic mass is 16.1. The molecule has 0 spiro atoms. The minimum absolute atomic E-state index is 0.313. The van der Waals surface area contributed by atoms with E-state index >= 15 is 0 Å². The average molecular weight is 202 g/mol. The van der Waals surface area contributed by atoms with E-state index in [0.717, 1.165) is 6.42 Å². The van der Waals surface area contributed by atoms with E-state index in [1.807, 2.05) is 0 Å². The highest BCUT2D eigenvalue weighted by molar-refractivity contribution is 5.76. The molecule has 0 aromatic heterocycles. The zero-order chi connectivity index (χ0) is 10.8. The number of Topliss-reactive ketones (excluding diaryl/α,β-unsaturated/α-hetero) is 1. The summed E-state index contributed by atoms with van der Waals surface area (Å²) in [4.78, 5) is 11.2. The van der Waals surface area contributed by atoms with Crippen LogP contribution in [0.2, 0.25) is 0 Å². The number of aryl methyl sites for hydroxylation is 2. The van der Waals surface area contributed by atoms with Crippen LogP contribution >= 0.6 is 0 Å². The van der Waals surface area contributed by atoms with Gasteiger partial charge in [0.15, 0.2) is 0 Å². The Balaban J connectivity index is 2.30. The van der Waals surface area contributed by atoms with E-state index in [9.17, 15) is 4.79 Å².